The molecule has 0 saturated heterocycles. The summed E-state index contributed by atoms with van der Waals surface area (Å²) in [6, 6.07) is 14.3. The zero-order valence-electron chi connectivity index (χ0n) is 11.2. The normalized spacial score (nSPS) is 10.2. The van der Waals surface area contributed by atoms with E-state index < -0.39 is 0 Å². The highest BCUT2D eigenvalue weighted by Gasteiger charge is 2.09. The molecule has 1 aromatic heterocycles. The summed E-state index contributed by atoms with van der Waals surface area (Å²) in [7, 11) is 0. The van der Waals surface area contributed by atoms with Gasteiger partial charge in [0.15, 0.2) is 0 Å². The predicted octanol–water partition coefficient (Wildman–Crippen LogP) is 5.68. The second-order valence-corrected chi connectivity index (χ2v) is 5.65. The van der Waals surface area contributed by atoms with E-state index in [1.165, 1.54) is 5.56 Å². The molecule has 2 rings (SSSR count). The lowest BCUT2D eigenvalue weighted by Crippen LogP contribution is -1.91. The van der Waals surface area contributed by atoms with Gasteiger partial charge in [0.25, 0.3) is 0 Å². The fourth-order valence-electron chi connectivity index (χ4n) is 1.66. The van der Waals surface area contributed by atoms with Crippen molar-refractivity contribution in [2.75, 3.05) is 0 Å². The lowest BCUT2D eigenvalue weighted by atomic mass is 9.99. The largest absolute Gasteiger partial charge is 0.148 e. The van der Waals surface area contributed by atoms with Crippen molar-refractivity contribution in [2.45, 2.75) is 39.5 Å². The van der Waals surface area contributed by atoms with E-state index >= 15 is 0 Å². The Morgan fingerprint density at radius 2 is 1.24 bits per heavy atom. The smallest absolute Gasteiger partial charge is 0.0105 e. The minimum Gasteiger partial charge on any atom is -0.148 e. The maximum Gasteiger partial charge on any atom is 0.0105 e. The molecule has 0 amide bonds. The van der Waals surface area contributed by atoms with Crippen LogP contribution >= 0.6 is 11.3 Å². The van der Waals surface area contributed by atoms with E-state index in [0.717, 1.165) is 0 Å². The Bertz CT molecular complexity index is 349. The molecule has 1 heterocycles. The Kier molecular flexibility index (Phi) is 5.99. The minimum atomic E-state index is 0.679. The summed E-state index contributed by atoms with van der Waals surface area (Å²) in [5, 5.41) is 2.20. The van der Waals surface area contributed by atoms with E-state index in [4.69, 9.17) is 0 Å². The maximum absolute atomic E-state index is 2.26. The van der Waals surface area contributed by atoms with Gasteiger partial charge < -0.3 is 0 Å². The third-order valence-electron chi connectivity index (χ3n) is 2.54. The molecule has 0 aliphatic rings. The number of benzene rings is 1. The summed E-state index contributed by atoms with van der Waals surface area (Å²) in [5.41, 5.74) is 1.53. The first-order chi connectivity index (χ1) is 8.13. The minimum absolute atomic E-state index is 0.679. The number of rotatable bonds is 2. The zero-order chi connectivity index (χ0) is 12.7. The first-order valence-corrected chi connectivity index (χ1v) is 7.08. The highest BCUT2D eigenvalue weighted by atomic mass is 32.1. The van der Waals surface area contributed by atoms with Crippen LogP contribution in [0, 0.1) is 0 Å². The van der Waals surface area contributed by atoms with Gasteiger partial charge in [0.2, 0.25) is 0 Å². The molecule has 0 fully saturated rings. The molecule has 0 atom stereocenters. The molecular weight excluding hydrogens is 224 g/mol. The van der Waals surface area contributed by atoms with Gasteiger partial charge in [-0.3, -0.25) is 0 Å². The summed E-state index contributed by atoms with van der Waals surface area (Å²) in [6.45, 7) is 9.04. The Hall–Kier alpha value is -1.08. The molecule has 92 valence electrons. The van der Waals surface area contributed by atoms with Crippen LogP contribution in [0.15, 0.2) is 47.8 Å². The van der Waals surface area contributed by atoms with Crippen LogP contribution in [0.5, 0.6) is 0 Å². The van der Waals surface area contributed by atoms with Crippen molar-refractivity contribution < 1.29 is 0 Å². The monoisotopic (exact) mass is 246 g/mol. The summed E-state index contributed by atoms with van der Waals surface area (Å²) >= 11 is 1.89. The predicted molar refractivity (Wildman–Crippen MR) is 78.9 cm³/mol. The second kappa shape index (κ2) is 7.29. The molecule has 1 aromatic carbocycles. The van der Waals surface area contributed by atoms with Gasteiger partial charge in [-0.25, -0.2) is 0 Å². The van der Waals surface area contributed by atoms with Gasteiger partial charge in [0.05, 0.1) is 0 Å². The lowest BCUT2D eigenvalue weighted by Gasteiger charge is -2.08. The molecule has 0 spiro atoms. The zero-order valence-corrected chi connectivity index (χ0v) is 12.0. The molecule has 0 aliphatic carbocycles. The molecule has 0 bridgehead atoms. The van der Waals surface area contributed by atoms with Crippen molar-refractivity contribution in [1.29, 1.82) is 0 Å². The quantitative estimate of drug-likeness (QED) is 0.639. The van der Waals surface area contributed by atoms with Gasteiger partial charge in [-0.1, -0.05) is 64.1 Å². The molecular formula is C16H22S. The van der Waals surface area contributed by atoms with Gasteiger partial charge in [0, 0.05) is 4.88 Å². The van der Waals surface area contributed by atoms with Gasteiger partial charge >= 0.3 is 0 Å². The van der Waals surface area contributed by atoms with Crippen LogP contribution in [0.3, 0.4) is 0 Å². The molecule has 0 N–H and O–H groups in total. The van der Waals surface area contributed by atoms with E-state index in [0.29, 0.717) is 11.8 Å². The van der Waals surface area contributed by atoms with Crippen LogP contribution in [0.25, 0.3) is 0 Å². The van der Waals surface area contributed by atoms with Crippen molar-refractivity contribution >= 4 is 11.3 Å². The Morgan fingerprint density at radius 3 is 1.53 bits per heavy atom. The Balaban J connectivity index is 0.000000202. The maximum atomic E-state index is 2.26. The van der Waals surface area contributed by atoms with Crippen molar-refractivity contribution in [2.24, 2.45) is 0 Å². The van der Waals surface area contributed by atoms with Crippen molar-refractivity contribution in [1.82, 2.24) is 0 Å². The van der Waals surface area contributed by atoms with E-state index in [2.05, 4.69) is 39.1 Å². The van der Waals surface area contributed by atoms with Crippen LogP contribution in [-0.4, -0.2) is 0 Å². The average Bonchev–Trinajstić information content (AvgIpc) is 2.81. The van der Waals surface area contributed by atoms with Crippen molar-refractivity contribution in [3.05, 3.63) is 58.3 Å². The highest BCUT2D eigenvalue weighted by molar-refractivity contribution is 7.10. The summed E-state index contributed by atoms with van der Waals surface area (Å²) in [4.78, 5) is 1.56. The van der Waals surface area contributed by atoms with Crippen molar-refractivity contribution in [3.63, 3.8) is 0 Å². The van der Waals surface area contributed by atoms with Crippen LogP contribution < -0.4 is 0 Å². The molecule has 2 aromatic rings. The number of hydrogen-bond acceptors (Lipinski definition) is 1. The number of thiophene rings is 1. The summed E-state index contributed by atoms with van der Waals surface area (Å²) in [5.74, 6) is 1.37. The SMILES string of the molecule is CC(C)c1ccsc1C(C)C.c1ccccc1. The molecule has 0 radical (unpaired) electrons. The Morgan fingerprint density at radius 1 is 0.765 bits per heavy atom. The van der Waals surface area contributed by atoms with E-state index in [1.807, 2.05) is 47.7 Å². The van der Waals surface area contributed by atoms with E-state index in [-0.39, 0.29) is 0 Å². The molecule has 0 unspecified atom stereocenters. The highest BCUT2D eigenvalue weighted by Crippen LogP contribution is 2.30. The molecule has 0 aliphatic heterocycles. The third-order valence-corrected chi connectivity index (χ3v) is 3.77. The van der Waals surface area contributed by atoms with Gasteiger partial charge in [-0.15, -0.1) is 11.3 Å². The fourth-order valence-corrected chi connectivity index (χ4v) is 2.74. The van der Waals surface area contributed by atoms with E-state index in [1.54, 1.807) is 4.88 Å². The van der Waals surface area contributed by atoms with Crippen LogP contribution in [0.2, 0.25) is 0 Å². The average molecular weight is 246 g/mol. The number of hydrogen-bond donors (Lipinski definition) is 0. The standard InChI is InChI=1S/C10H16S.C6H6/c1-7(2)9-5-6-11-10(9)8(3)4;1-2-4-6-5-3-1/h5-8H,1-4H3;1-6H. The Labute approximate surface area is 109 Å². The van der Waals surface area contributed by atoms with E-state index in [9.17, 15) is 0 Å². The molecule has 1 heteroatoms. The lowest BCUT2D eigenvalue weighted by molar-refractivity contribution is 0.810. The van der Waals surface area contributed by atoms with Crippen molar-refractivity contribution in [3.8, 4) is 0 Å². The first-order valence-electron chi connectivity index (χ1n) is 6.20. The van der Waals surface area contributed by atoms with Gasteiger partial charge in [-0.05, 0) is 28.8 Å². The van der Waals surface area contributed by atoms with Crippen LogP contribution in [-0.2, 0) is 0 Å². The summed E-state index contributed by atoms with van der Waals surface area (Å²) in [6.07, 6.45) is 0. The van der Waals surface area contributed by atoms with Crippen LogP contribution in [0.4, 0.5) is 0 Å². The molecule has 17 heavy (non-hydrogen) atoms. The molecule has 0 saturated carbocycles. The third kappa shape index (κ3) is 4.74. The second-order valence-electron chi connectivity index (χ2n) is 4.70. The first kappa shape index (κ1) is 14.0. The van der Waals surface area contributed by atoms with Gasteiger partial charge in [-0.2, -0.15) is 0 Å². The van der Waals surface area contributed by atoms with Gasteiger partial charge in [0.1, 0.15) is 0 Å². The topological polar surface area (TPSA) is 0 Å². The molecule has 0 nitrogen and oxygen atoms in total. The summed E-state index contributed by atoms with van der Waals surface area (Å²) < 4.78 is 0. The fraction of sp³-hybridized carbons (Fsp3) is 0.375. The van der Waals surface area contributed by atoms with Crippen LogP contribution in [0.1, 0.15) is 50.0 Å².